The smallest absolute Gasteiger partial charge is 0.251 e. The minimum Gasteiger partial charge on any atom is -0.349 e. The Bertz CT molecular complexity index is 572. The van der Waals surface area contributed by atoms with Crippen LogP contribution in [0.5, 0.6) is 0 Å². The first kappa shape index (κ1) is 19.9. The van der Waals surface area contributed by atoms with Crippen molar-refractivity contribution in [3.05, 3.63) is 34.3 Å². The average Bonchev–Trinajstić information content (AvgIpc) is 2.64. The molecule has 1 unspecified atom stereocenters. The third kappa shape index (κ3) is 5.56. The Kier molecular flexibility index (Phi) is 7.56. The molecule has 3 rings (SSSR count). The van der Waals surface area contributed by atoms with E-state index in [-0.39, 0.29) is 5.91 Å². The van der Waals surface area contributed by atoms with Gasteiger partial charge in [0.05, 0.1) is 0 Å². The van der Waals surface area contributed by atoms with Crippen LogP contribution >= 0.6 is 15.9 Å². The van der Waals surface area contributed by atoms with Crippen LogP contribution in [0.2, 0.25) is 0 Å². The number of nitrogens with zero attached hydrogens (tertiary/aromatic N) is 1. The van der Waals surface area contributed by atoms with Crippen molar-refractivity contribution in [3.63, 3.8) is 0 Å². The first-order valence-electron chi connectivity index (χ1n) is 10.4. The van der Waals surface area contributed by atoms with E-state index < -0.39 is 0 Å². The van der Waals surface area contributed by atoms with Crippen molar-refractivity contribution in [3.8, 4) is 0 Å². The second kappa shape index (κ2) is 9.89. The van der Waals surface area contributed by atoms with E-state index in [9.17, 15) is 4.79 Å². The molecule has 0 spiro atoms. The van der Waals surface area contributed by atoms with Crippen molar-refractivity contribution < 1.29 is 4.79 Å². The first-order chi connectivity index (χ1) is 12.7. The van der Waals surface area contributed by atoms with E-state index in [1.807, 2.05) is 24.3 Å². The van der Waals surface area contributed by atoms with Gasteiger partial charge in [0.2, 0.25) is 0 Å². The van der Waals surface area contributed by atoms with Gasteiger partial charge in [-0.2, -0.15) is 0 Å². The molecule has 0 radical (unpaired) electrons. The monoisotopic (exact) mass is 420 g/mol. The van der Waals surface area contributed by atoms with E-state index in [0.717, 1.165) is 28.9 Å². The molecule has 1 amide bonds. The number of carbonyl (C=O) groups excluding carboxylic acids is 1. The van der Waals surface area contributed by atoms with Gasteiger partial charge in [-0.25, -0.2) is 0 Å². The predicted molar refractivity (Wildman–Crippen MR) is 111 cm³/mol. The Balaban J connectivity index is 1.57. The van der Waals surface area contributed by atoms with Gasteiger partial charge in [-0.3, -0.25) is 4.79 Å². The second-order valence-electron chi connectivity index (χ2n) is 8.19. The largest absolute Gasteiger partial charge is 0.349 e. The standard InChI is InChI=1S/C22H33BrN2O/c1-2-6-17-7-5-14-25(15-17)16-19-8-3-4-9-21(19)24-22(26)18-10-12-20(23)13-11-18/h10-13,17,19,21H,2-9,14-16H2,1H3,(H,24,26)/t17?,19-,21+/m0/s1. The number of halogens is 1. The zero-order valence-corrected chi connectivity index (χ0v) is 17.6. The third-order valence-corrected chi connectivity index (χ3v) is 6.65. The Hall–Kier alpha value is -0.870. The van der Waals surface area contributed by atoms with Gasteiger partial charge in [-0.1, -0.05) is 42.1 Å². The minimum atomic E-state index is 0.0805. The summed E-state index contributed by atoms with van der Waals surface area (Å²) in [6.45, 7) is 5.96. The van der Waals surface area contributed by atoms with Crippen LogP contribution < -0.4 is 5.32 Å². The van der Waals surface area contributed by atoms with Gasteiger partial charge in [0.25, 0.3) is 5.91 Å². The summed E-state index contributed by atoms with van der Waals surface area (Å²) >= 11 is 3.44. The van der Waals surface area contributed by atoms with Crippen LogP contribution in [0, 0.1) is 11.8 Å². The Morgan fingerprint density at radius 3 is 2.69 bits per heavy atom. The van der Waals surface area contributed by atoms with Crippen LogP contribution in [0.1, 0.15) is 68.6 Å². The molecule has 1 saturated carbocycles. The molecule has 144 valence electrons. The lowest BCUT2D eigenvalue weighted by Crippen LogP contribution is -2.48. The first-order valence-corrected chi connectivity index (χ1v) is 11.2. The highest BCUT2D eigenvalue weighted by Gasteiger charge is 2.30. The number of amides is 1. The fourth-order valence-corrected chi connectivity index (χ4v) is 5.03. The second-order valence-corrected chi connectivity index (χ2v) is 9.10. The zero-order valence-electron chi connectivity index (χ0n) is 16.1. The van der Waals surface area contributed by atoms with E-state index in [0.29, 0.717) is 12.0 Å². The molecular formula is C22H33BrN2O. The molecule has 1 saturated heterocycles. The normalized spacial score (nSPS) is 27.2. The summed E-state index contributed by atoms with van der Waals surface area (Å²) in [7, 11) is 0. The van der Waals surface area contributed by atoms with Crippen molar-refractivity contribution in [2.45, 2.75) is 64.3 Å². The number of likely N-dealkylation sites (tertiary alicyclic amines) is 1. The summed E-state index contributed by atoms with van der Waals surface area (Å²) < 4.78 is 1.01. The van der Waals surface area contributed by atoms with E-state index in [1.54, 1.807) is 0 Å². The lowest BCUT2D eigenvalue weighted by molar-refractivity contribution is 0.0853. The lowest BCUT2D eigenvalue weighted by atomic mass is 9.83. The molecule has 0 bridgehead atoms. The maximum atomic E-state index is 12.7. The third-order valence-electron chi connectivity index (χ3n) is 6.12. The summed E-state index contributed by atoms with van der Waals surface area (Å²) in [5, 5.41) is 3.35. The molecule has 1 N–H and O–H groups in total. The van der Waals surface area contributed by atoms with Crippen LogP contribution in [0.3, 0.4) is 0 Å². The molecule has 1 aromatic rings. The van der Waals surface area contributed by atoms with Gasteiger partial charge in [0.1, 0.15) is 0 Å². The van der Waals surface area contributed by atoms with Gasteiger partial charge >= 0.3 is 0 Å². The molecule has 3 atom stereocenters. The molecule has 1 heterocycles. The Morgan fingerprint density at radius 2 is 1.92 bits per heavy atom. The topological polar surface area (TPSA) is 32.3 Å². The van der Waals surface area contributed by atoms with Gasteiger partial charge < -0.3 is 10.2 Å². The highest BCUT2D eigenvalue weighted by molar-refractivity contribution is 9.10. The summed E-state index contributed by atoms with van der Waals surface area (Å²) in [4.78, 5) is 15.3. The Morgan fingerprint density at radius 1 is 1.15 bits per heavy atom. The maximum Gasteiger partial charge on any atom is 0.251 e. The number of nitrogens with one attached hydrogen (secondary N) is 1. The summed E-state index contributed by atoms with van der Waals surface area (Å²) in [5.74, 6) is 1.56. The number of hydrogen-bond donors (Lipinski definition) is 1. The average molecular weight is 421 g/mol. The highest BCUT2D eigenvalue weighted by atomic mass is 79.9. The quantitative estimate of drug-likeness (QED) is 0.681. The fraction of sp³-hybridized carbons (Fsp3) is 0.682. The van der Waals surface area contributed by atoms with Crippen molar-refractivity contribution in [1.82, 2.24) is 10.2 Å². The number of piperidine rings is 1. The summed E-state index contributed by atoms with van der Waals surface area (Å²) in [6, 6.07) is 8.00. The van der Waals surface area contributed by atoms with E-state index in [2.05, 4.69) is 33.1 Å². The Labute approximate surface area is 167 Å². The zero-order chi connectivity index (χ0) is 18.4. The number of rotatable bonds is 6. The van der Waals surface area contributed by atoms with E-state index >= 15 is 0 Å². The van der Waals surface area contributed by atoms with Crippen LogP contribution in [0.25, 0.3) is 0 Å². The van der Waals surface area contributed by atoms with Crippen LogP contribution in [-0.4, -0.2) is 36.5 Å². The van der Waals surface area contributed by atoms with Crippen molar-refractivity contribution in [1.29, 1.82) is 0 Å². The van der Waals surface area contributed by atoms with Crippen molar-refractivity contribution >= 4 is 21.8 Å². The molecule has 3 nitrogen and oxygen atoms in total. The number of hydrogen-bond acceptors (Lipinski definition) is 2. The summed E-state index contributed by atoms with van der Waals surface area (Å²) in [6.07, 6.45) is 10.3. The van der Waals surface area contributed by atoms with Gasteiger partial charge in [0.15, 0.2) is 0 Å². The number of carbonyl (C=O) groups is 1. The molecule has 2 fully saturated rings. The minimum absolute atomic E-state index is 0.0805. The van der Waals surface area contributed by atoms with E-state index in [4.69, 9.17) is 0 Å². The fourth-order valence-electron chi connectivity index (χ4n) is 4.76. The predicted octanol–water partition coefficient (Wildman–Crippen LogP) is 5.25. The molecule has 1 aromatic carbocycles. The van der Waals surface area contributed by atoms with Crippen LogP contribution in [0.4, 0.5) is 0 Å². The molecule has 2 aliphatic rings. The number of benzene rings is 1. The van der Waals surface area contributed by atoms with Gasteiger partial charge in [-0.15, -0.1) is 0 Å². The summed E-state index contributed by atoms with van der Waals surface area (Å²) in [5.41, 5.74) is 0.763. The van der Waals surface area contributed by atoms with Crippen molar-refractivity contribution in [2.75, 3.05) is 19.6 Å². The van der Waals surface area contributed by atoms with Crippen molar-refractivity contribution in [2.24, 2.45) is 11.8 Å². The van der Waals surface area contributed by atoms with Gasteiger partial charge in [0, 0.05) is 29.2 Å². The molecule has 4 heteroatoms. The van der Waals surface area contributed by atoms with Crippen LogP contribution in [0.15, 0.2) is 28.7 Å². The van der Waals surface area contributed by atoms with E-state index in [1.165, 1.54) is 58.0 Å². The van der Waals surface area contributed by atoms with Crippen LogP contribution in [-0.2, 0) is 0 Å². The lowest BCUT2D eigenvalue weighted by Gasteiger charge is -2.39. The SMILES string of the molecule is CCCC1CCCN(C[C@@H]2CCCC[C@H]2NC(=O)c2ccc(Br)cc2)C1. The molecule has 26 heavy (non-hydrogen) atoms. The molecule has 0 aromatic heterocycles. The maximum absolute atomic E-state index is 12.7. The highest BCUT2D eigenvalue weighted by Crippen LogP contribution is 2.28. The molecule has 1 aliphatic carbocycles. The van der Waals surface area contributed by atoms with Gasteiger partial charge in [-0.05, 0) is 74.8 Å². The molecule has 1 aliphatic heterocycles. The molecular weight excluding hydrogens is 388 g/mol.